The maximum Gasteiger partial charge on any atom is 0.231 e. The van der Waals surface area contributed by atoms with Crippen LogP contribution in [0.4, 0.5) is 0 Å². The lowest BCUT2D eigenvalue weighted by Gasteiger charge is -2.18. The molecule has 0 aromatic carbocycles. The van der Waals surface area contributed by atoms with Gasteiger partial charge in [-0.25, -0.2) is 0 Å². The van der Waals surface area contributed by atoms with Gasteiger partial charge in [0, 0.05) is 25.2 Å². The zero-order valence-corrected chi connectivity index (χ0v) is 10.6. The Bertz CT molecular complexity index is 331. The van der Waals surface area contributed by atoms with Crippen LogP contribution in [-0.4, -0.2) is 29.4 Å². The Morgan fingerprint density at radius 3 is 2.76 bits per heavy atom. The number of aromatic nitrogens is 2. The highest BCUT2D eigenvalue weighted by Gasteiger charge is 2.24. The van der Waals surface area contributed by atoms with Crippen LogP contribution in [0.25, 0.3) is 0 Å². The normalized spacial score (nSPS) is 21.4. The molecule has 1 fully saturated rings. The molecule has 2 unspecified atom stereocenters. The smallest absolute Gasteiger partial charge is 0.231 e. The molecule has 5 nitrogen and oxygen atoms in total. The summed E-state index contributed by atoms with van der Waals surface area (Å²) in [4.78, 5) is 4.49. The fourth-order valence-electron chi connectivity index (χ4n) is 2.09. The van der Waals surface area contributed by atoms with Crippen LogP contribution in [0, 0.1) is 0 Å². The summed E-state index contributed by atoms with van der Waals surface area (Å²) in [6, 6.07) is 0.0815. The Kier molecular flexibility index (Phi) is 4.12. The van der Waals surface area contributed by atoms with Crippen LogP contribution in [0.15, 0.2) is 4.52 Å². The third-order valence-electron chi connectivity index (χ3n) is 3.55. The molecule has 17 heavy (non-hydrogen) atoms. The number of nitrogens with zero attached hydrogens (tertiary/aromatic N) is 2. The number of hydrogen-bond acceptors (Lipinski definition) is 5. The van der Waals surface area contributed by atoms with Gasteiger partial charge in [-0.1, -0.05) is 19.0 Å². The topological polar surface area (TPSA) is 74.2 Å². The predicted octanol–water partition coefficient (Wildman–Crippen LogP) is 1.80. The van der Waals surface area contributed by atoms with E-state index in [9.17, 15) is 0 Å². The van der Waals surface area contributed by atoms with Gasteiger partial charge in [0.1, 0.15) is 0 Å². The van der Waals surface area contributed by atoms with Gasteiger partial charge in [0.25, 0.3) is 0 Å². The lowest BCUT2D eigenvalue weighted by molar-refractivity contribution is 0.0830. The van der Waals surface area contributed by atoms with Crippen molar-refractivity contribution in [2.45, 2.75) is 51.0 Å². The van der Waals surface area contributed by atoms with Crippen molar-refractivity contribution in [1.29, 1.82) is 0 Å². The van der Waals surface area contributed by atoms with E-state index >= 15 is 0 Å². The van der Waals surface area contributed by atoms with Gasteiger partial charge in [0.05, 0.1) is 5.92 Å². The summed E-state index contributed by atoms with van der Waals surface area (Å²) in [5.41, 5.74) is 5.99. The summed E-state index contributed by atoms with van der Waals surface area (Å²) in [6.45, 7) is 5.68. The van der Waals surface area contributed by atoms with Crippen molar-refractivity contribution >= 4 is 0 Å². The van der Waals surface area contributed by atoms with Crippen molar-refractivity contribution in [3.05, 3.63) is 11.7 Å². The summed E-state index contributed by atoms with van der Waals surface area (Å²) in [7, 11) is 0. The van der Waals surface area contributed by atoms with Gasteiger partial charge in [-0.3, -0.25) is 0 Å². The second-order valence-electron chi connectivity index (χ2n) is 4.74. The van der Waals surface area contributed by atoms with E-state index in [4.69, 9.17) is 15.0 Å². The number of ether oxygens (including phenoxy) is 1. The molecule has 2 atom stereocenters. The van der Waals surface area contributed by atoms with Gasteiger partial charge in [-0.2, -0.15) is 4.98 Å². The van der Waals surface area contributed by atoms with Crippen molar-refractivity contribution in [1.82, 2.24) is 10.1 Å². The van der Waals surface area contributed by atoms with Crippen LogP contribution in [0.5, 0.6) is 0 Å². The molecular formula is C12H21N3O2. The zero-order chi connectivity index (χ0) is 12.3. The first-order valence-electron chi connectivity index (χ1n) is 6.39. The SMILES string of the molecule is CCC(N)C(C)c1nc(C2CCOCC2)no1. The van der Waals surface area contributed by atoms with Crippen LogP contribution < -0.4 is 5.73 Å². The molecule has 0 radical (unpaired) electrons. The van der Waals surface area contributed by atoms with Crippen LogP contribution in [0.1, 0.15) is 56.7 Å². The van der Waals surface area contributed by atoms with E-state index in [1.165, 1.54) is 0 Å². The van der Waals surface area contributed by atoms with Crippen molar-refractivity contribution < 1.29 is 9.26 Å². The third kappa shape index (κ3) is 2.84. The number of nitrogens with two attached hydrogens (primary N) is 1. The highest BCUT2D eigenvalue weighted by atomic mass is 16.5. The van der Waals surface area contributed by atoms with Crippen molar-refractivity contribution in [2.75, 3.05) is 13.2 Å². The first-order chi connectivity index (χ1) is 8.22. The molecule has 2 heterocycles. The molecule has 1 aromatic rings. The number of hydrogen-bond donors (Lipinski definition) is 1. The molecule has 0 aliphatic carbocycles. The van der Waals surface area contributed by atoms with Gasteiger partial charge >= 0.3 is 0 Å². The standard InChI is InChI=1S/C12H21N3O2/c1-3-10(13)8(2)12-14-11(15-17-12)9-4-6-16-7-5-9/h8-10H,3-7,13H2,1-2H3. The quantitative estimate of drug-likeness (QED) is 0.867. The molecule has 1 aliphatic rings. The molecule has 0 spiro atoms. The van der Waals surface area contributed by atoms with E-state index in [0.717, 1.165) is 38.3 Å². The van der Waals surface area contributed by atoms with Gasteiger partial charge in [-0.05, 0) is 19.3 Å². The molecule has 0 bridgehead atoms. The Morgan fingerprint density at radius 2 is 2.12 bits per heavy atom. The minimum absolute atomic E-state index is 0.0815. The molecule has 2 N–H and O–H groups in total. The fourth-order valence-corrected chi connectivity index (χ4v) is 2.09. The molecule has 5 heteroatoms. The highest BCUT2D eigenvalue weighted by Crippen LogP contribution is 2.26. The lowest BCUT2D eigenvalue weighted by atomic mass is 9.99. The van der Waals surface area contributed by atoms with Crippen molar-refractivity contribution in [3.63, 3.8) is 0 Å². The average Bonchev–Trinajstić information content (AvgIpc) is 2.87. The van der Waals surface area contributed by atoms with E-state index in [0.29, 0.717) is 11.8 Å². The predicted molar refractivity (Wildman–Crippen MR) is 63.8 cm³/mol. The minimum Gasteiger partial charge on any atom is -0.381 e. The van der Waals surface area contributed by atoms with Gasteiger partial charge in [0.2, 0.25) is 5.89 Å². The van der Waals surface area contributed by atoms with E-state index in [1.807, 2.05) is 6.92 Å². The first-order valence-corrected chi connectivity index (χ1v) is 6.39. The van der Waals surface area contributed by atoms with Gasteiger partial charge in [-0.15, -0.1) is 0 Å². The molecule has 0 amide bonds. The Morgan fingerprint density at radius 1 is 1.41 bits per heavy atom. The summed E-state index contributed by atoms with van der Waals surface area (Å²) in [5.74, 6) is 1.99. The van der Waals surface area contributed by atoms with E-state index in [-0.39, 0.29) is 12.0 Å². The summed E-state index contributed by atoms with van der Waals surface area (Å²) in [5, 5.41) is 4.08. The fraction of sp³-hybridized carbons (Fsp3) is 0.833. The second-order valence-corrected chi connectivity index (χ2v) is 4.74. The molecule has 1 aliphatic heterocycles. The van der Waals surface area contributed by atoms with Crippen LogP contribution in [0.3, 0.4) is 0 Å². The maximum atomic E-state index is 5.99. The highest BCUT2D eigenvalue weighted by molar-refractivity contribution is 5.01. The summed E-state index contributed by atoms with van der Waals surface area (Å²) < 4.78 is 10.6. The lowest BCUT2D eigenvalue weighted by Crippen LogP contribution is -2.25. The van der Waals surface area contributed by atoms with Crippen LogP contribution in [0.2, 0.25) is 0 Å². The molecule has 1 aromatic heterocycles. The third-order valence-corrected chi connectivity index (χ3v) is 3.55. The molecular weight excluding hydrogens is 218 g/mol. The van der Waals surface area contributed by atoms with Gasteiger partial charge in [0.15, 0.2) is 5.82 Å². The number of rotatable bonds is 4. The van der Waals surface area contributed by atoms with Crippen molar-refractivity contribution in [3.8, 4) is 0 Å². The van der Waals surface area contributed by atoms with Crippen LogP contribution >= 0.6 is 0 Å². The van der Waals surface area contributed by atoms with Crippen molar-refractivity contribution in [2.24, 2.45) is 5.73 Å². The van der Waals surface area contributed by atoms with E-state index in [2.05, 4.69) is 17.1 Å². The second kappa shape index (κ2) is 5.60. The monoisotopic (exact) mass is 239 g/mol. The Labute approximate surface area is 102 Å². The van der Waals surface area contributed by atoms with Crippen LogP contribution in [-0.2, 0) is 4.74 Å². The maximum absolute atomic E-state index is 5.99. The van der Waals surface area contributed by atoms with Gasteiger partial charge < -0.3 is 15.0 Å². The largest absolute Gasteiger partial charge is 0.381 e. The zero-order valence-electron chi connectivity index (χ0n) is 10.6. The summed E-state index contributed by atoms with van der Waals surface area (Å²) in [6.07, 6.45) is 2.87. The van der Waals surface area contributed by atoms with E-state index < -0.39 is 0 Å². The Balaban J connectivity index is 2.04. The molecule has 1 saturated heterocycles. The first kappa shape index (κ1) is 12.5. The summed E-state index contributed by atoms with van der Waals surface area (Å²) >= 11 is 0. The average molecular weight is 239 g/mol. The molecule has 96 valence electrons. The Hall–Kier alpha value is -0.940. The molecule has 0 saturated carbocycles. The minimum atomic E-state index is 0.0815. The molecule has 2 rings (SSSR count). The van der Waals surface area contributed by atoms with E-state index in [1.54, 1.807) is 0 Å².